The zero-order chi connectivity index (χ0) is 13.0. The van der Waals surface area contributed by atoms with E-state index in [0.717, 1.165) is 39.0 Å². The van der Waals surface area contributed by atoms with E-state index in [4.69, 9.17) is 15.2 Å². The molecule has 5 nitrogen and oxygen atoms in total. The Hall–Kier alpha value is -0.360. The van der Waals surface area contributed by atoms with Gasteiger partial charge in [-0.25, -0.2) is 0 Å². The molecule has 2 fully saturated rings. The third-order valence-corrected chi connectivity index (χ3v) is 4.25. The smallest absolute Gasteiger partial charge is 0.224 e. The molecular formula is C13H25ClN2O3. The van der Waals surface area contributed by atoms with Crippen molar-refractivity contribution < 1.29 is 14.3 Å². The summed E-state index contributed by atoms with van der Waals surface area (Å²) in [5.41, 5.74) is 5.93. The molecule has 1 atom stereocenters. The molecular weight excluding hydrogens is 268 g/mol. The summed E-state index contributed by atoms with van der Waals surface area (Å²) in [7, 11) is 1.63. The second-order valence-electron chi connectivity index (χ2n) is 5.50. The molecule has 0 bridgehead atoms. The molecule has 2 heterocycles. The van der Waals surface area contributed by atoms with Crippen LogP contribution in [0, 0.1) is 5.41 Å². The zero-order valence-electron chi connectivity index (χ0n) is 11.6. The van der Waals surface area contributed by atoms with Crippen LogP contribution in [0.3, 0.4) is 0 Å². The van der Waals surface area contributed by atoms with E-state index in [2.05, 4.69) is 0 Å². The molecule has 112 valence electrons. The number of ether oxygens (including phenoxy) is 2. The maximum absolute atomic E-state index is 11.9. The second-order valence-corrected chi connectivity index (χ2v) is 5.50. The molecule has 19 heavy (non-hydrogen) atoms. The number of likely N-dealkylation sites (tertiary alicyclic amines) is 1. The summed E-state index contributed by atoms with van der Waals surface area (Å²) in [5.74, 6) is 0.209. The second kappa shape index (κ2) is 7.43. The van der Waals surface area contributed by atoms with E-state index in [-0.39, 0.29) is 29.8 Å². The molecule has 0 saturated carbocycles. The van der Waals surface area contributed by atoms with E-state index in [0.29, 0.717) is 19.6 Å². The molecule has 1 spiro atoms. The number of nitrogens with zero attached hydrogens (tertiary/aromatic N) is 1. The van der Waals surface area contributed by atoms with Crippen molar-refractivity contribution >= 4 is 18.3 Å². The summed E-state index contributed by atoms with van der Waals surface area (Å²) >= 11 is 0. The number of hydrogen-bond acceptors (Lipinski definition) is 4. The van der Waals surface area contributed by atoms with Gasteiger partial charge in [-0.15, -0.1) is 12.4 Å². The van der Waals surface area contributed by atoms with Gasteiger partial charge < -0.3 is 20.1 Å². The van der Waals surface area contributed by atoms with Crippen LogP contribution >= 0.6 is 12.4 Å². The Kier molecular flexibility index (Phi) is 6.53. The predicted octanol–water partition coefficient (Wildman–Crippen LogP) is 0.801. The van der Waals surface area contributed by atoms with Crippen molar-refractivity contribution in [3.05, 3.63) is 0 Å². The van der Waals surface area contributed by atoms with Gasteiger partial charge in [0.2, 0.25) is 5.91 Å². The van der Waals surface area contributed by atoms with Crippen molar-refractivity contribution in [1.82, 2.24) is 4.90 Å². The minimum Gasteiger partial charge on any atom is -0.384 e. The number of halogens is 1. The number of methoxy groups -OCH3 is 1. The van der Waals surface area contributed by atoms with Crippen LogP contribution in [0.5, 0.6) is 0 Å². The van der Waals surface area contributed by atoms with Gasteiger partial charge in [-0.2, -0.15) is 0 Å². The van der Waals surface area contributed by atoms with Crippen molar-refractivity contribution in [3.8, 4) is 0 Å². The maximum atomic E-state index is 11.9. The zero-order valence-corrected chi connectivity index (χ0v) is 12.4. The Bertz CT molecular complexity index is 294. The van der Waals surface area contributed by atoms with E-state index in [1.807, 2.05) is 4.90 Å². The Morgan fingerprint density at radius 1 is 1.47 bits per heavy atom. The number of rotatable bonds is 4. The Labute approximate surface area is 121 Å². The van der Waals surface area contributed by atoms with Crippen molar-refractivity contribution in [2.24, 2.45) is 11.1 Å². The molecule has 2 aliphatic heterocycles. The Balaban J connectivity index is 0.00000180. The lowest BCUT2D eigenvalue weighted by Gasteiger charge is -2.38. The number of piperidine rings is 1. The summed E-state index contributed by atoms with van der Waals surface area (Å²) in [6.07, 6.45) is 3.86. The maximum Gasteiger partial charge on any atom is 0.224 e. The van der Waals surface area contributed by atoms with Gasteiger partial charge in [-0.1, -0.05) is 0 Å². The standard InChI is InChI=1S/C13H24N2O3.ClH/c1-17-7-2-12(16)15-5-3-13(4-6-15)8-11(9-14)18-10-13;/h11H,2-10,14H2,1H3;1H. The van der Waals surface area contributed by atoms with Gasteiger partial charge in [-0.05, 0) is 24.7 Å². The Morgan fingerprint density at radius 2 is 2.16 bits per heavy atom. The summed E-state index contributed by atoms with van der Waals surface area (Å²) in [4.78, 5) is 13.8. The molecule has 6 heteroatoms. The Morgan fingerprint density at radius 3 is 2.68 bits per heavy atom. The molecule has 0 aromatic carbocycles. The summed E-state index contributed by atoms with van der Waals surface area (Å²) < 4.78 is 10.7. The van der Waals surface area contributed by atoms with Crippen LogP contribution in [-0.2, 0) is 14.3 Å². The highest BCUT2D eigenvalue weighted by atomic mass is 35.5. The van der Waals surface area contributed by atoms with E-state index < -0.39 is 0 Å². The SMILES string of the molecule is COCCC(=O)N1CCC2(CC1)COC(CN)C2.Cl. The highest BCUT2D eigenvalue weighted by Crippen LogP contribution is 2.41. The summed E-state index contributed by atoms with van der Waals surface area (Å²) in [5, 5.41) is 0. The number of amides is 1. The molecule has 0 radical (unpaired) electrons. The average Bonchev–Trinajstić information content (AvgIpc) is 2.80. The first-order chi connectivity index (χ1) is 8.69. The molecule has 1 amide bonds. The number of hydrogen-bond donors (Lipinski definition) is 1. The molecule has 2 aliphatic rings. The van der Waals surface area contributed by atoms with Gasteiger partial charge >= 0.3 is 0 Å². The van der Waals surface area contributed by atoms with E-state index in [9.17, 15) is 4.79 Å². The van der Waals surface area contributed by atoms with Gasteiger partial charge in [0.1, 0.15) is 0 Å². The molecule has 2 rings (SSSR count). The number of nitrogens with two attached hydrogens (primary N) is 1. The summed E-state index contributed by atoms with van der Waals surface area (Å²) in [6, 6.07) is 0. The third kappa shape index (κ3) is 4.05. The largest absolute Gasteiger partial charge is 0.384 e. The van der Waals surface area contributed by atoms with Gasteiger partial charge in [0.05, 0.1) is 25.7 Å². The van der Waals surface area contributed by atoms with Crippen molar-refractivity contribution in [2.45, 2.75) is 31.8 Å². The van der Waals surface area contributed by atoms with Crippen LogP contribution in [-0.4, -0.2) is 56.9 Å². The molecule has 1 unspecified atom stereocenters. The molecule has 0 aromatic rings. The minimum atomic E-state index is 0. The van der Waals surface area contributed by atoms with Crippen molar-refractivity contribution in [2.75, 3.05) is 40.0 Å². The fourth-order valence-electron chi connectivity index (χ4n) is 2.97. The molecule has 0 aromatic heterocycles. The van der Waals surface area contributed by atoms with Gasteiger partial charge in [0, 0.05) is 26.7 Å². The highest BCUT2D eigenvalue weighted by Gasteiger charge is 2.42. The lowest BCUT2D eigenvalue weighted by molar-refractivity contribution is -0.134. The van der Waals surface area contributed by atoms with Crippen LogP contribution in [0.1, 0.15) is 25.7 Å². The van der Waals surface area contributed by atoms with Crippen LogP contribution in [0.15, 0.2) is 0 Å². The molecule has 0 aliphatic carbocycles. The molecule has 2 N–H and O–H groups in total. The minimum absolute atomic E-state index is 0. The number of carbonyl (C=O) groups is 1. The van der Waals surface area contributed by atoms with Gasteiger partial charge in [0.25, 0.3) is 0 Å². The van der Waals surface area contributed by atoms with E-state index >= 15 is 0 Å². The average molecular weight is 293 g/mol. The normalized spacial score (nSPS) is 25.4. The first kappa shape index (κ1) is 16.7. The first-order valence-corrected chi connectivity index (χ1v) is 6.77. The lowest BCUT2D eigenvalue weighted by Crippen LogP contribution is -2.43. The van der Waals surface area contributed by atoms with Gasteiger partial charge in [-0.3, -0.25) is 4.79 Å². The van der Waals surface area contributed by atoms with Crippen LogP contribution in [0.2, 0.25) is 0 Å². The van der Waals surface area contributed by atoms with Gasteiger partial charge in [0.15, 0.2) is 0 Å². The third-order valence-electron chi connectivity index (χ3n) is 4.25. The lowest BCUT2D eigenvalue weighted by atomic mass is 9.76. The fourth-order valence-corrected chi connectivity index (χ4v) is 2.97. The fraction of sp³-hybridized carbons (Fsp3) is 0.923. The summed E-state index contributed by atoms with van der Waals surface area (Å²) in [6.45, 7) is 3.64. The van der Waals surface area contributed by atoms with E-state index in [1.165, 1.54) is 0 Å². The van der Waals surface area contributed by atoms with Crippen LogP contribution < -0.4 is 5.73 Å². The van der Waals surface area contributed by atoms with Crippen molar-refractivity contribution in [3.63, 3.8) is 0 Å². The van der Waals surface area contributed by atoms with Crippen molar-refractivity contribution in [1.29, 1.82) is 0 Å². The van der Waals surface area contributed by atoms with Crippen LogP contribution in [0.25, 0.3) is 0 Å². The topological polar surface area (TPSA) is 64.8 Å². The first-order valence-electron chi connectivity index (χ1n) is 6.77. The highest BCUT2D eigenvalue weighted by molar-refractivity contribution is 5.85. The predicted molar refractivity (Wildman–Crippen MR) is 75.4 cm³/mol. The molecule has 2 saturated heterocycles. The van der Waals surface area contributed by atoms with E-state index in [1.54, 1.807) is 7.11 Å². The quantitative estimate of drug-likeness (QED) is 0.832. The van der Waals surface area contributed by atoms with Crippen LogP contribution in [0.4, 0.5) is 0 Å². The number of carbonyl (C=O) groups excluding carboxylic acids is 1. The monoisotopic (exact) mass is 292 g/mol.